The highest BCUT2D eigenvalue weighted by molar-refractivity contribution is 5.22. The van der Waals surface area contributed by atoms with Crippen molar-refractivity contribution in [2.75, 3.05) is 53.0 Å². The van der Waals surface area contributed by atoms with E-state index in [9.17, 15) is 9.50 Å². The van der Waals surface area contributed by atoms with Crippen LogP contribution in [0.4, 0.5) is 4.39 Å². The van der Waals surface area contributed by atoms with E-state index in [1.54, 1.807) is 12.1 Å². The van der Waals surface area contributed by atoms with E-state index in [-0.39, 0.29) is 19.0 Å². The zero-order valence-electron chi connectivity index (χ0n) is 14.3. The third kappa shape index (κ3) is 4.66. The number of likely N-dealkylation sites (tertiary alicyclic amines) is 1. The van der Waals surface area contributed by atoms with Gasteiger partial charge in [-0.15, -0.1) is 0 Å². The van der Waals surface area contributed by atoms with Gasteiger partial charge in [0.25, 0.3) is 0 Å². The highest BCUT2D eigenvalue weighted by Gasteiger charge is 2.36. The highest BCUT2D eigenvalue weighted by Crippen LogP contribution is 2.22. The molecule has 2 heterocycles. The number of piperidine rings is 1. The molecule has 0 radical (unpaired) electrons. The van der Waals surface area contributed by atoms with Crippen LogP contribution in [0.15, 0.2) is 24.3 Å². The molecule has 0 aliphatic carbocycles. The van der Waals surface area contributed by atoms with Gasteiger partial charge in [-0.25, -0.2) is 4.39 Å². The molecule has 5 nitrogen and oxygen atoms in total. The molecule has 2 aliphatic rings. The van der Waals surface area contributed by atoms with Gasteiger partial charge in [-0.1, -0.05) is 0 Å². The van der Waals surface area contributed by atoms with E-state index in [0.29, 0.717) is 24.9 Å². The van der Waals surface area contributed by atoms with Gasteiger partial charge in [0, 0.05) is 19.1 Å². The monoisotopic (exact) mass is 338 g/mol. The summed E-state index contributed by atoms with van der Waals surface area (Å²) in [4.78, 5) is 4.68. The Labute approximate surface area is 143 Å². The lowest BCUT2D eigenvalue weighted by molar-refractivity contribution is -0.0687. The Bertz CT molecular complexity index is 520. The van der Waals surface area contributed by atoms with Crippen LogP contribution in [0.25, 0.3) is 0 Å². The number of benzene rings is 1. The third-order valence-electron chi connectivity index (χ3n) is 4.92. The van der Waals surface area contributed by atoms with Gasteiger partial charge in [-0.2, -0.15) is 0 Å². The standard InChI is InChI=1S/C18H27FN2O3/c1-20-8-6-16(7-9-20)21-10-11-23-13-18(22,12-21)14-24-17-4-2-15(19)3-5-17/h2-5,16,22H,6-14H2,1H3/t18-/m0/s1. The predicted molar refractivity (Wildman–Crippen MR) is 89.8 cm³/mol. The minimum atomic E-state index is -1.05. The number of aliphatic hydroxyl groups is 1. The summed E-state index contributed by atoms with van der Waals surface area (Å²) >= 11 is 0. The molecule has 1 atom stereocenters. The number of nitrogens with zero attached hydrogens (tertiary/aromatic N) is 2. The smallest absolute Gasteiger partial charge is 0.134 e. The second-order valence-electron chi connectivity index (χ2n) is 7.02. The first kappa shape index (κ1) is 17.6. The largest absolute Gasteiger partial charge is 0.490 e. The fourth-order valence-electron chi connectivity index (χ4n) is 3.45. The van der Waals surface area contributed by atoms with Crippen molar-refractivity contribution in [1.82, 2.24) is 9.80 Å². The van der Waals surface area contributed by atoms with Crippen LogP contribution in [0, 0.1) is 5.82 Å². The molecule has 1 aromatic carbocycles. The van der Waals surface area contributed by atoms with Crippen molar-refractivity contribution >= 4 is 0 Å². The van der Waals surface area contributed by atoms with Crippen molar-refractivity contribution in [3.63, 3.8) is 0 Å². The normalized spacial score (nSPS) is 27.8. The molecule has 24 heavy (non-hydrogen) atoms. The maximum absolute atomic E-state index is 13.0. The second-order valence-corrected chi connectivity index (χ2v) is 7.02. The van der Waals surface area contributed by atoms with Crippen LogP contribution >= 0.6 is 0 Å². The van der Waals surface area contributed by atoms with Crippen LogP contribution < -0.4 is 4.74 Å². The Morgan fingerprint density at radius 1 is 1.25 bits per heavy atom. The Kier molecular flexibility index (Phi) is 5.71. The first-order chi connectivity index (χ1) is 11.5. The number of ether oxygens (including phenoxy) is 2. The summed E-state index contributed by atoms with van der Waals surface area (Å²) in [7, 11) is 2.15. The molecule has 2 aliphatic heterocycles. The Hall–Kier alpha value is -1.21. The Balaban J connectivity index is 1.59. The fraction of sp³-hybridized carbons (Fsp3) is 0.667. The van der Waals surface area contributed by atoms with Crippen molar-refractivity contribution < 1.29 is 19.0 Å². The van der Waals surface area contributed by atoms with Gasteiger partial charge in [-0.3, -0.25) is 4.90 Å². The lowest BCUT2D eigenvalue weighted by Crippen LogP contribution is -2.53. The molecule has 0 aromatic heterocycles. The molecule has 6 heteroatoms. The molecule has 134 valence electrons. The summed E-state index contributed by atoms with van der Waals surface area (Å²) in [6, 6.07) is 6.35. The van der Waals surface area contributed by atoms with Crippen molar-refractivity contribution in [3.8, 4) is 5.75 Å². The minimum Gasteiger partial charge on any atom is -0.490 e. The number of β-amino-alcohol motifs (C(OH)–C–C–N with tert-alkyl or cyclic N) is 1. The number of hydrogen-bond donors (Lipinski definition) is 1. The van der Waals surface area contributed by atoms with E-state index in [1.807, 2.05) is 0 Å². The molecular weight excluding hydrogens is 311 g/mol. The Morgan fingerprint density at radius 3 is 2.67 bits per heavy atom. The molecule has 2 saturated heterocycles. The molecular formula is C18H27FN2O3. The average Bonchev–Trinajstić information content (AvgIpc) is 2.77. The summed E-state index contributed by atoms with van der Waals surface area (Å²) in [5, 5.41) is 10.9. The van der Waals surface area contributed by atoms with E-state index in [2.05, 4.69) is 16.8 Å². The van der Waals surface area contributed by atoms with Gasteiger partial charge in [0.05, 0.1) is 13.2 Å². The van der Waals surface area contributed by atoms with E-state index in [4.69, 9.17) is 9.47 Å². The van der Waals surface area contributed by atoms with Crippen molar-refractivity contribution in [2.45, 2.75) is 24.5 Å². The van der Waals surface area contributed by atoms with Crippen molar-refractivity contribution in [3.05, 3.63) is 30.1 Å². The predicted octanol–water partition coefficient (Wildman–Crippen LogP) is 1.36. The topological polar surface area (TPSA) is 45.2 Å². The number of halogens is 1. The fourth-order valence-corrected chi connectivity index (χ4v) is 3.45. The van der Waals surface area contributed by atoms with Gasteiger partial charge in [0.2, 0.25) is 0 Å². The third-order valence-corrected chi connectivity index (χ3v) is 4.92. The molecule has 0 unspecified atom stereocenters. The first-order valence-corrected chi connectivity index (χ1v) is 8.65. The van der Waals surface area contributed by atoms with Gasteiger partial charge in [0.1, 0.15) is 23.8 Å². The maximum Gasteiger partial charge on any atom is 0.134 e. The summed E-state index contributed by atoms with van der Waals surface area (Å²) in [5.74, 6) is 0.257. The quantitative estimate of drug-likeness (QED) is 0.898. The molecule has 0 amide bonds. The van der Waals surface area contributed by atoms with Crippen LogP contribution in [0.2, 0.25) is 0 Å². The SMILES string of the molecule is CN1CCC(N2CCOC[C@](O)(COc3ccc(F)cc3)C2)CC1. The van der Waals surface area contributed by atoms with Crippen LogP contribution in [0.1, 0.15) is 12.8 Å². The van der Waals surface area contributed by atoms with Crippen molar-refractivity contribution in [1.29, 1.82) is 0 Å². The van der Waals surface area contributed by atoms with E-state index >= 15 is 0 Å². The highest BCUT2D eigenvalue weighted by atomic mass is 19.1. The molecule has 2 fully saturated rings. The molecule has 0 bridgehead atoms. The van der Waals surface area contributed by atoms with Crippen LogP contribution in [0.5, 0.6) is 5.75 Å². The van der Waals surface area contributed by atoms with Crippen LogP contribution in [-0.2, 0) is 4.74 Å². The second kappa shape index (κ2) is 7.78. The lowest BCUT2D eigenvalue weighted by atomic mass is 10.00. The summed E-state index contributed by atoms with van der Waals surface area (Å²) in [6.45, 7) is 4.60. The van der Waals surface area contributed by atoms with Crippen LogP contribution in [0.3, 0.4) is 0 Å². The number of hydrogen-bond acceptors (Lipinski definition) is 5. The van der Waals surface area contributed by atoms with Crippen LogP contribution in [-0.4, -0.2) is 79.6 Å². The van der Waals surface area contributed by atoms with E-state index in [1.165, 1.54) is 12.1 Å². The van der Waals surface area contributed by atoms with Gasteiger partial charge in [0.15, 0.2) is 0 Å². The number of rotatable bonds is 4. The van der Waals surface area contributed by atoms with Gasteiger partial charge >= 0.3 is 0 Å². The zero-order valence-corrected chi connectivity index (χ0v) is 14.3. The summed E-state index contributed by atoms with van der Waals surface area (Å²) in [5.41, 5.74) is -1.05. The van der Waals surface area contributed by atoms with E-state index < -0.39 is 5.60 Å². The molecule has 0 saturated carbocycles. The average molecular weight is 338 g/mol. The Morgan fingerprint density at radius 2 is 1.96 bits per heavy atom. The van der Waals surface area contributed by atoms with Gasteiger partial charge in [-0.05, 0) is 57.2 Å². The zero-order chi connectivity index (χ0) is 17.0. The molecule has 3 rings (SSSR count). The molecule has 1 N–H and O–H groups in total. The minimum absolute atomic E-state index is 0.141. The van der Waals surface area contributed by atoms with E-state index in [0.717, 1.165) is 32.5 Å². The summed E-state index contributed by atoms with van der Waals surface area (Å²) < 4.78 is 24.3. The maximum atomic E-state index is 13.0. The molecule has 1 aromatic rings. The van der Waals surface area contributed by atoms with Crippen molar-refractivity contribution in [2.24, 2.45) is 0 Å². The summed E-state index contributed by atoms with van der Waals surface area (Å²) in [6.07, 6.45) is 2.23. The first-order valence-electron chi connectivity index (χ1n) is 8.65. The molecule has 0 spiro atoms. The van der Waals surface area contributed by atoms with Gasteiger partial charge < -0.3 is 19.5 Å². The lowest BCUT2D eigenvalue weighted by Gasteiger charge is -2.39.